The Balaban J connectivity index is 2.17. The van der Waals surface area contributed by atoms with Crippen LogP contribution in [0.25, 0.3) is 0 Å². The third-order valence-electron chi connectivity index (χ3n) is 1.76. The minimum Gasteiger partial charge on any atom is -0.494 e. The lowest BCUT2D eigenvalue weighted by Gasteiger charge is -2.04. The summed E-state index contributed by atoms with van der Waals surface area (Å²) in [6.07, 6.45) is 2.09. The number of hydrogen-bond donors (Lipinski definition) is 0. The summed E-state index contributed by atoms with van der Waals surface area (Å²) >= 11 is 0. The Morgan fingerprint density at radius 3 is 2.62 bits per heavy atom. The van der Waals surface area contributed by atoms with Crippen LogP contribution in [0.2, 0.25) is 0 Å². The molecule has 0 atom stereocenters. The highest BCUT2D eigenvalue weighted by Crippen LogP contribution is 2.09. The molecule has 0 heterocycles. The van der Waals surface area contributed by atoms with Crippen molar-refractivity contribution < 1.29 is 4.74 Å². The maximum atomic E-state index is 5.52. The van der Waals surface area contributed by atoms with E-state index in [9.17, 15) is 0 Å². The Bertz CT molecular complexity index is 251. The quantitative estimate of drug-likeness (QED) is 0.493. The van der Waals surface area contributed by atoms with E-state index in [-0.39, 0.29) is 0 Å². The topological polar surface area (TPSA) is 9.23 Å². The van der Waals surface area contributed by atoms with Crippen LogP contribution < -0.4 is 4.74 Å². The van der Waals surface area contributed by atoms with Crippen LogP contribution in [-0.2, 0) is 0 Å². The fourth-order valence-electron chi connectivity index (χ4n) is 1.08. The molecule has 13 heavy (non-hydrogen) atoms. The van der Waals surface area contributed by atoms with Gasteiger partial charge in [-0.3, -0.25) is 0 Å². The zero-order valence-corrected chi connectivity index (χ0v) is 8.12. The summed E-state index contributed by atoms with van der Waals surface area (Å²) in [4.78, 5) is 0. The molecule has 1 aromatic rings. The normalized spacial score (nSPS) is 9.62. The fraction of sp³-hybridized carbons (Fsp3) is 0.333. The number of rotatable bonds is 5. The van der Waals surface area contributed by atoms with Gasteiger partial charge >= 0.3 is 0 Å². The molecule has 1 nitrogen and oxygen atoms in total. The van der Waals surface area contributed by atoms with E-state index in [0.717, 1.165) is 25.2 Å². The van der Waals surface area contributed by atoms with Crippen molar-refractivity contribution >= 4 is 0 Å². The maximum absolute atomic E-state index is 5.52. The first kappa shape index (κ1) is 9.85. The summed E-state index contributed by atoms with van der Waals surface area (Å²) in [5.74, 6) is 0.948. The molecular formula is C12H16O. The highest BCUT2D eigenvalue weighted by Gasteiger charge is 1.91. The van der Waals surface area contributed by atoms with Crippen LogP contribution in [0.4, 0.5) is 0 Å². The number of hydrogen-bond acceptors (Lipinski definition) is 1. The molecule has 0 saturated heterocycles. The Labute approximate surface area is 80.0 Å². The highest BCUT2D eigenvalue weighted by atomic mass is 16.5. The Hall–Kier alpha value is -1.24. The van der Waals surface area contributed by atoms with Gasteiger partial charge in [0.1, 0.15) is 5.75 Å². The summed E-state index contributed by atoms with van der Waals surface area (Å²) in [5.41, 5.74) is 1.22. The third-order valence-corrected chi connectivity index (χ3v) is 1.76. The highest BCUT2D eigenvalue weighted by molar-refractivity contribution is 5.20. The van der Waals surface area contributed by atoms with E-state index in [1.165, 1.54) is 5.57 Å². The van der Waals surface area contributed by atoms with Crippen molar-refractivity contribution in [2.24, 2.45) is 0 Å². The van der Waals surface area contributed by atoms with Gasteiger partial charge in [0, 0.05) is 0 Å². The zero-order chi connectivity index (χ0) is 9.52. The predicted molar refractivity (Wildman–Crippen MR) is 56.0 cm³/mol. The van der Waals surface area contributed by atoms with Crippen LogP contribution in [0.15, 0.2) is 42.5 Å². The largest absolute Gasteiger partial charge is 0.494 e. The molecule has 0 unspecified atom stereocenters. The summed E-state index contributed by atoms with van der Waals surface area (Å²) < 4.78 is 5.52. The van der Waals surface area contributed by atoms with Crippen LogP contribution in [0, 0.1) is 0 Å². The third kappa shape index (κ3) is 4.36. The Morgan fingerprint density at radius 1 is 1.31 bits per heavy atom. The van der Waals surface area contributed by atoms with Crippen molar-refractivity contribution in [3.8, 4) is 5.75 Å². The maximum Gasteiger partial charge on any atom is 0.119 e. The van der Waals surface area contributed by atoms with Gasteiger partial charge in [0.25, 0.3) is 0 Å². The fourth-order valence-corrected chi connectivity index (χ4v) is 1.08. The van der Waals surface area contributed by atoms with Gasteiger partial charge in [0.05, 0.1) is 6.61 Å². The van der Waals surface area contributed by atoms with E-state index in [0.29, 0.717) is 0 Å². The second kappa shape index (κ2) is 5.41. The van der Waals surface area contributed by atoms with E-state index >= 15 is 0 Å². The smallest absolute Gasteiger partial charge is 0.119 e. The van der Waals surface area contributed by atoms with Gasteiger partial charge in [-0.1, -0.05) is 23.8 Å². The minimum atomic E-state index is 0.775. The summed E-state index contributed by atoms with van der Waals surface area (Å²) in [7, 11) is 0. The molecule has 1 aromatic carbocycles. The average molecular weight is 176 g/mol. The van der Waals surface area contributed by atoms with Gasteiger partial charge in [-0.2, -0.15) is 0 Å². The molecule has 0 spiro atoms. The molecule has 0 aliphatic heterocycles. The number of ether oxygens (including phenoxy) is 1. The standard InChI is InChI=1S/C12H16O/c1-11(2)7-6-10-13-12-8-4-3-5-9-12/h3-5,8-9H,1,6-7,10H2,2H3. The van der Waals surface area contributed by atoms with Crippen LogP contribution in [0.5, 0.6) is 5.75 Å². The van der Waals surface area contributed by atoms with Crippen molar-refractivity contribution in [1.29, 1.82) is 0 Å². The second-order valence-electron chi connectivity index (χ2n) is 3.22. The van der Waals surface area contributed by atoms with Gasteiger partial charge in [-0.15, -0.1) is 6.58 Å². The predicted octanol–water partition coefficient (Wildman–Crippen LogP) is 3.42. The zero-order valence-electron chi connectivity index (χ0n) is 8.12. The molecule has 0 bridgehead atoms. The molecule has 0 aliphatic rings. The molecule has 0 saturated carbocycles. The average Bonchev–Trinajstić information content (AvgIpc) is 2.14. The number of allylic oxidation sites excluding steroid dienone is 1. The van der Waals surface area contributed by atoms with E-state index < -0.39 is 0 Å². The molecule has 1 rings (SSSR count). The van der Waals surface area contributed by atoms with Crippen molar-refractivity contribution in [3.05, 3.63) is 42.5 Å². The van der Waals surface area contributed by atoms with Crippen molar-refractivity contribution in [2.75, 3.05) is 6.61 Å². The summed E-state index contributed by atoms with van der Waals surface area (Å²) in [5, 5.41) is 0. The SMILES string of the molecule is C=C(C)CCCOc1ccccc1. The monoisotopic (exact) mass is 176 g/mol. The molecular weight excluding hydrogens is 160 g/mol. The van der Waals surface area contributed by atoms with Crippen molar-refractivity contribution in [3.63, 3.8) is 0 Å². The first-order chi connectivity index (χ1) is 6.29. The molecule has 0 amide bonds. The van der Waals surface area contributed by atoms with Gasteiger partial charge in [0.15, 0.2) is 0 Å². The van der Waals surface area contributed by atoms with Crippen molar-refractivity contribution in [2.45, 2.75) is 19.8 Å². The van der Waals surface area contributed by atoms with Gasteiger partial charge in [0.2, 0.25) is 0 Å². The summed E-state index contributed by atoms with van der Waals surface area (Å²) in [6, 6.07) is 9.89. The molecule has 0 aromatic heterocycles. The van der Waals surface area contributed by atoms with E-state index in [1.807, 2.05) is 37.3 Å². The lowest BCUT2D eigenvalue weighted by Crippen LogP contribution is -1.96. The first-order valence-electron chi connectivity index (χ1n) is 4.61. The lowest BCUT2D eigenvalue weighted by atomic mass is 10.2. The lowest BCUT2D eigenvalue weighted by molar-refractivity contribution is 0.311. The minimum absolute atomic E-state index is 0.775. The Kier molecular flexibility index (Phi) is 4.10. The number of para-hydroxylation sites is 1. The van der Waals surface area contributed by atoms with Gasteiger partial charge < -0.3 is 4.74 Å². The molecule has 70 valence electrons. The van der Waals surface area contributed by atoms with Gasteiger partial charge in [-0.25, -0.2) is 0 Å². The summed E-state index contributed by atoms with van der Waals surface area (Å²) in [6.45, 7) is 6.66. The van der Waals surface area contributed by atoms with Crippen LogP contribution >= 0.6 is 0 Å². The van der Waals surface area contributed by atoms with E-state index in [4.69, 9.17) is 4.74 Å². The molecule has 0 N–H and O–H groups in total. The van der Waals surface area contributed by atoms with Crippen LogP contribution in [0.1, 0.15) is 19.8 Å². The van der Waals surface area contributed by atoms with E-state index in [1.54, 1.807) is 0 Å². The first-order valence-corrected chi connectivity index (χ1v) is 4.61. The Morgan fingerprint density at radius 2 is 2.00 bits per heavy atom. The molecule has 0 fully saturated rings. The van der Waals surface area contributed by atoms with Crippen LogP contribution in [-0.4, -0.2) is 6.61 Å². The molecule has 0 aliphatic carbocycles. The molecule has 0 radical (unpaired) electrons. The van der Waals surface area contributed by atoms with Crippen LogP contribution in [0.3, 0.4) is 0 Å². The number of benzene rings is 1. The molecule has 1 heteroatoms. The van der Waals surface area contributed by atoms with E-state index in [2.05, 4.69) is 6.58 Å². The van der Waals surface area contributed by atoms with Gasteiger partial charge in [-0.05, 0) is 31.9 Å². The second-order valence-corrected chi connectivity index (χ2v) is 3.22. The van der Waals surface area contributed by atoms with Crippen molar-refractivity contribution in [1.82, 2.24) is 0 Å².